The van der Waals surface area contributed by atoms with E-state index in [4.69, 9.17) is 14.2 Å². The predicted molar refractivity (Wildman–Crippen MR) is 127 cm³/mol. The van der Waals surface area contributed by atoms with Gasteiger partial charge in [0.1, 0.15) is 5.75 Å². The molecular weight excluding hydrogens is 460 g/mol. The maximum absolute atomic E-state index is 13.0. The molecule has 1 fully saturated rings. The van der Waals surface area contributed by atoms with E-state index in [-0.39, 0.29) is 54.8 Å². The van der Waals surface area contributed by atoms with Gasteiger partial charge >= 0.3 is 0 Å². The zero-order valence-electron chi connectivity index (χ0n) is 19.9. The van der Waals surface area contributed by atoms with E-state index in [0.29, 0.717) is 12.2 Å². The number of rotatable bonds is 11. The molecule has 1 amide bonds. The van der Waals surface area contributed by atoms with Gasteiger partial charge in [0, 0.05) is 25.6 Å². The van der Waals surface area contributed by atoms with Crippen LogP contribution in [0.4, 0.5) is 0 Å². The fourth-order valence-corrected chi connectivity index (χ4v) is 5.66. The predicted octanol–water partition coefficient (Wildman–Crippen LogP) is 2.41. The molecule has 9 nitrogen and oxygen atoms in total. The average molecular weight is 497 g/mol. The van der Waals surface area contributed by atoms with Crippen molar-refractivity contribution in [1.82, 2.24) is 9.62 Å². The van der Waals surface area contributed by atoms with Gasteiger partial charge in [-0.3, -0.25) is 4.79 Å². The molecule has 1 aromatic rings. The fourth-order valence-electron chi connectivity index (χ4n) is 4.24. The topological polar surface area (TPSA) is 114 Å². The zero-order valence-corrected chi connectivity index (χ0v) is 20.8. The van der Waals surface area contributed by atoms with Gasteiger partial charge in [0.2, 0.25) is 16.3 Å². The summed E-state index contributed by atoms with van der Waals surface area (Å²) in [6, 6.07) is 6.26. The number of hydrogen-bond acceptors (Lipinski definition) is 7. The number of sulfonamides is 1. The van der Waals surface area contributed by atoms with Gasteiger partial charge in [0.15, 0.2) is 5.76 Å². The summed E-state index contributed by atoms with van der Waals surface area (Å²) < 4.78 is 43.9. The van der Waals surface area contributed by atoms with Crippen molar-refractivity contribution in [2.75, 3.05) is 33.4 Å². The van der Waals surface area contributed by atoms with Gasteiger partial charge in [0.25, 0.3) is 5.91 Å². The first-order chi connectivity index (χ1) is 16.3. The van der Waals surface area contributed by atoms with Crippen LogP contribution in [0.5, 0.6) is 5.75 Å². The number of aliphatic hydroxyl groups is 1. The van der Waals surface area contributed by atoms with Gasteiger partial charge in [-0.05, 0) is 49.1 Å². The van der Waals surface area contributed by atoms with Crippen LogP contribution < -0.4 is 10.1 Å². The minimum atomic E-state index is -3.82. The third-order valence-electron chi connectivity index (χ3n) is 6.11. The second-order valence-corrected chi connectivity index (χ2v) is 10.7. The SMILES string of the molecule is COc1ccc(S(=O)(=O)N(CCO)CCO[C@H]2C[C@@H](C)C=C(C(=O)NC3CCCCC3)O2)cc1. The smallest absolute Gasteiger partial charge is 0.286 e. The lowest BCUT2D eigenvalue weighted by molar-refractivity contribution is -0.149. The Labute approximate surface area is 202 Å². The van der Waals surface area contributed by atoms with Crippen molar-refractivity contribution in [2.24, 2.45) is 5.92 Å². The van der Waals surface area contributed by atoms with Crippen molar-refractivity contribution in [3.05, 3.63) is 36.1 Å². The number of ether oxygens (including phenoxy) is 3. The third kappa shape index (κ3) is 7.18. The number of carbonyl (C=O) groups is 1. The molecule has 1 aliphatic carbocycles. The quantitative estimate of drug-likeness (QED) is 0.484. The number of hydrogen-bond donors (Lipinski definition) is 2. The van der Waals surface area contributed by atoms with Gasteiger partial charge in [-0.1, -0.05) is 26.2 Å². The summed E-state index contributed by atoms with van der Waals surface area (Å²) in [7, 11) is -2.31. The van der Waals surface area contributed by atoms with Crippen LogP contribution in [0.1, 0.15) is 45.4 Å². The average Bonchev–Trinajstić information content (AvgIpc) is 2.83. The summed E-state index contributed by atoms with van der Waals surface area (Å²) >= 11 is 0. The highest BCUT2D eigenvalue weighted by molar-refractivity contribution is 7.89. The number of benzene rings is 1. The number of amides is 1. The lowest BCUT2D eigenvalue weighted by Gasteiger charge is -2.30. The Kier molecular flexibility index (Phi) is 9.75. The van der Waals surface area contributed by atoms with E-state index >= 15 is 0 Å². The summed E-state index contributed by atoms with van der Waals surface area (Å²) in [5, 5.41) is 12.5. The van der Waals surface area contributed by atoms with Crippen LogP contribution in [0, 0.1) is 5.92 Å². The molecule has 190 valence electrons. The van der Waals surface area contributed by atoms with Crippen molar-refractivity contribution in [2.45, 2.75) is 62.7 Å². The second kappa shape index (κ2) is 12.5. The Morgan fingerprint density at radius 1 is 1.18 bits per heavy atom. The van der Waals surface area contributed by atoms with Crippen LogP contribution in [-0.2, 0) is 24.3 Å². The molecule has 10 heteroatoms. The standard InChI is InChI=1S/C24H36N2O7S/c1-18-16-22(24(28)25-19-6-4-3-5-7-19)33-23(17-18)32-15-13-26(12-14-27)34(29,30)21-10-8-20(31-2)9-11-21/h8-11,16,18-19,23,27H,3-7,12-15,17H2,1-2H3,(H,25,28)/t18-,23+/m0/s1. The summed E-state index contributed by atoms with van der Waals surface area (Å²) in [5.74, 6) is 0.668. The summed E-state index contributed by atoms with van der Waals surface area (Å²) in [6.07, 6.45) is 7.14. The Balaban J connectivity index is 1.55. The number of nitrogens with zero attached hydrogens (tertiary/aromatic N) is 1. The van der Waals surface area contributed by atoms with Gasteiger partial charge < -0.3 is 24.6 Å². The summed E-state index contributed by atoms with van der Waals surface area (Å²) in [5.41, 5.74) is 0. The molecular formula is C24H36N2O7S. The highest BCUT2D eigenvalue weighted by Gasteiger charge is 2.29. The van der Waals surface area contributed by atoms with E-state index in [2.05, 4.69) is 5.32 Å². The maximum atomic E-state index is 13.0. The largest absolute Gasteiger partial charge is 0.497 e. The van der Waals surface area contributed by atoms with Crippen molar-refractivity contribution in [1.29, 1.82) is 0 Å². The van der Waals surface area contributed by atoms with E-state index < -0.39 is 16.3 Å². The van der Waals surface area contributed by atoms with Gasteiger partial charge in [-0.2, -0.15) is 4.31 Å². The third-order valence-corrected chi connectivity index (χ3v) is 8.03. The maximum Gasteiger partial charge on any atom is 0.286 e. The van der Waals surface area contributed by atoms with Gasteiger partial charge in [0.05, 0.1) is 25.2 Å². The van der Waals surface area contributed by atoms with Crippen LogP contribution in [0.15, 0.2) is 41.0 Å². The summed E-state index contributed by atoms with van der Waals surface area (Å²) in [6.45, 7) is 1.70. The van der Waals surface area contributed by atoms with E-state index in [0.717, 1.165) is 25.7 Å². The normalized spacial score (nSPS) is 21.6. The van der Waals surface area contributed by atoms with E-state index in [1.807, 2.05) is 13.0 Å². The molecule has 0 saturated heterocycles. The first-order valence-electron chi connectivity index (χ1n) is 11.9. The Bertz CT molecular complexity index is 927. The van der Waals surface area contributed by atoms with Gasteiger partial charge in [-0.15, -0.1) is 0 Å². The second-order valence-electron chi connectivity index (χ2n) is 8.77. The first-order valence-corrected chi connectivity index (χ1v) is 13.3. The first kappa shape index (κ1) is 26.5. The molecule has 34 heavy (non-hydrogen) atoms. The van der Waals surface area contributed by atoms with Crippen molar-refractivity contribution in [3.8, 4) is 5.75 Å². The summed E-state index contributed by atoms with van der Waals surface area (Å²) in [4.78, 5) is 12.8. The van der Waals surface area contributed by atoms with E-state index in [1.54, 1.807) is 12.1 Å². The van der Waals surface area contributed by atoms with Crippen LogP contribution in [0.3, 0.4) is 0 Å². The van der Waals surface area contributed by atoms with E-state index in [1.165, 1.54) is 30.0 Å². The van der Waals surface area contributed by atoms with Crippen LogP contribution in [0.25, 0.3) is 0 Å². The van der Waals surface area contributed by atoms with Crippen LogP contribution >= 0.6 is 0 Å². The molecule has 0 aromatic heterocycles. The molecule has 2 N–H and O–H groups in total. The Morgan fingerprint density at radius 2 is 1.88 bits per heavy atom. The molecule has 0 bridgehead atoms. The van der Waals surface area contributed by atoms with Crippen molar-refractivity contribution >= 4 is 15.9 Å². The van der Waals surface area contributed by atoms with Crippen molar-refractivity contribution in [3.63, 3.8) is 0 Å². The number of allylic oxidation sites excluding steroid dienone is 1. The Morgan fingerprint density at radius 3 is 2.53 bits per heavy atom. The molecule has 3 rings (SSSR count). The lowest BCUT2D eigenvalue weighted by atomic mass is 9.95. The molecule has 2 atom stereocenters. The number of carbonyl (C=O) groups excluding carboxylic acids is 1. The van der Waals surface area contributed by atoms with Crippen LogP contribution in [-0.4, -0.2) is 69.5 Å². The molecule has 0 radical (unpaired) electrons. The molecule has 2 aliphatic rings. The van der Waals surface area contributed by atoms with Crippen LogP contribution in [0.2, 0.25) is 0 Å². The molecule has 0 unspecified atom stereocenters. The van der Waals surface area contributed by atoms with Gasteiger partial charge in [-0.25, -0.2) is 8.42 Å². The lowest BCUT2D eigenvalue weighted by Crippen LogP contribution is -2.40. The highest BCUT2D eigenvalue weighted by Crippen LogP contribution is 2.25. The molecule has 1 heterocycles. The highest BCUT2D eigenvalue weighted by atomic mass is 32.2. The molecule has 0 spiro atoms. The van der Waals surface area contributed by atoms with Crippen molar-refractivity contribution < 1.29 is 32.5 Å². The molecule has 1 aromatic carbocycles. The zero-order chi connectivity index (χ0) is 24.6. The molecule has 1 aliphatic heterocycles. The monoisotopic (exact) mass is 496 g/mol. The number of nitrogens with one attached hydrogen (secondary N) is 1. The number of aliphatic hydroxyl groups excluding tert-OH is 1. The van der Waals surface area contributed by atoms with E-state index in [9.17, 15) is 18.3 Å². The fraction of sp³-hybridized carbons (Fsp3) is 0.625. The Hall–Kier alpha value is -2.14. The minimum absolute atomic E-state index is 0.0382. The number of methoxy groups -OCH3 is 1. The molecule has 1 saturated carbocycles. The minimum Gasteiger partial charge on any atom is -0.497 e.